The minimum atomic E-state index is 0.591. The maximum atomic E-state index is 4.03. The molecule has 17 heavy (non-hydrogen) atoms. The molecule has 3 rings (SSSR count). The Bertz CT molecular complexity index is 476. The van der Waals surface area contributed by atoms with E-state index in [1.807, 2.05) is 6.20 Å². The molecule has 0 spiro atoms. The average molecular weight is 227 g/mol. The van der Waals surface area contributed by atoms with Gasteiger partial charge in [-0.2, -0.15) is 0 Å². The van der Waals surface area contributed by atoms with Crippen LogP contribution in [0.25, 0.3) is 0 Å². The number of nitrogens with zero attached hydrogens (tertiary/aromatic N) is 1. The number of hydrogen-bond acceptors (Lipinski definition) is 2. The fourth-order valence-corrected chi connectivity index (χ4v) is 2.51. The van der Waals surface area contributed by atoms with E-state index in [1.54, 1.807) is 6.33 Å². The van der Waals surface area contributed by atoms with Gasteiger partial charge in [0, 0.05) is 24.5 Å². The molecule has 1 heterocycles. The number of H-pyrrole nitrogens is 1. The van der Waals surface area contributed by atoms with Gasteiger partial charge in [-0.15, -0.1) is 0 Å². The number of rotatable bonds is 3. The number of benzene rings is 1. The first-order chi connectivity index (χ1) is 8.42. The third-order valence-corrected chi connectivity index (χ3v) is 3.48. The van der Waals surface area contributed by atoms with Crippen LogP contribution in [0.4, 0.5) is 0 Å². The molecule has 1 aromatic carbocycles. The molecule has 2 aromatic rings. The van der Waals surface area contributed by atoms with Gasteiger partial charge in [0.05, 0.1) is 6.33 Å². The summed E-state index contributed by atoms with van der Waals surface area (Å²) in [6.45, 7) is 0.882. The molecule has 2 N–H and O–H groups in total. The summed E-state index contributed by atoms with van der Waals surface area (Å²) >= 11 is 0. The second kappa shape index (κ2) is 4.72. The number of aromatic nitrogens is 2. The van der Waals surface area contributed by atoms with E-state index in [2.05, 4.69) is 39.6 Å². The third kappa shape index (κ3) is 2.39. The monoisotopic (exact) mass is 227 g/mol. The van der Waals surface area contributed by atoms with Gasteiger partial charge in [-0.1, -0.05) is 24.3 Å². The van der Waals surface area contributed by atoms with Crippen LogP contribution in [0.3, 0.4) is 0 Å². The van der Waals surface area contributed by atoms with Crippen molar-refractivity contribution < 1.29 is 0 Å². The molecule has 0 amide bonds. The zero-order chi connectivity index (χ0) is 11.5. The largest absolute Gasteiger partial charge is 0.347 e. The molecule has 1 atom stereocenters. The molecule has 0 radical (unpaired) electrons. The van der Waals surface area contributed by atoms with E-state index in [0.29, 0.717) is 6.04 Å². The Morgan fingerprint density at radius 2 is 2.18 bits per heavy atom. The molecule has 3 heteroatoms. The number of nitrogens with one attached hydrogen (secondary N) is 2. The fraction of sp³-hybridized carbons (Fsp3) is 0.357. The molecule has 1 unspecified atom stereocenters. The van der Waals surface area contributed by atoms with Crippen LogP contribution < -0.4 is 5.32 Å². The predicted octanol–water partition coefficient (Wildman–Crippen LogP) is 2.06. The van der Waals surface area contributed by atoms with Crippen molar-refractivity contribution in [2.75, 3.05) is 0 Å². The molecule has 0 aliphatic heterocycles. The molecule has 0 fully saturated rings. The van der Waals surface area contributed by atoms with Gasteiger partial charge in [-0.25, -0.2) is 4.98 Å². The highest BCUT2D eigenvalue weighted by molar-refractivity contribution is 5.30. The first-order valence-corrected chi connectivity index (χ1v) is 6.19. The van der Waals surface area contributed by atoms with E-state index in [1.165, 1.54) is 24.0 Å². The first kappa shape index (κ1) is 10.5. The van der Waals surface area contributed by atoms with E-state index in [4.69, 9.17) is 0 Å². The number of imidazole rings is 1. The van der Waals surface area contributed by atoms with Crippen LogP contribution in [-0.4, -0.2) is 16.0 Å². The van der Waals surface area contributed by atoms with Crippen LogP contribution in [0, 0.1) is 0 Å². The Hall–Kier alpha value is -1.61. The second-order valence-electron chi connectivity index (χ2n) is 4.67. The molecule has 1 aliphatic carbocycles. The van der Waals surface area contributed by atoms with Gasteiger partial charge >= 0.3 is 0 Å². The van der Waals surface area contributed by atoms with Gasteiger partial charge in [-0.05, 0) is 30.4 Å². The van der Waals surface area contributed by atoms with Crippen molar-refractivity contribution in [3.63, 3.8) is 0 Å². The quantitative estimate of drug-likeness (QED) is 0.842. The molecule has 0 saturated heterocycles. The highest BCUT2D eigenvalue weighted by Crippen LogP contribution is 2.21. The maximum absolute atomic E-state index is 4.03. The van der Waals surface area contributed by atoms with Crippen molar-refractivity contribution >= 4 is 0 Å². The van der Waals surface area contributed by atoms with E-state index in [0.717, 1.165) is 18.7 Å². The highest BCUT2D eigenvalue weighted by Gasteiger charge is 2.17. The number of aryl methyl sites for hydroxylation is 1. The summed E-state index contributed by atoms with van der Waals surface area (Å²) in [5.41, 5.74) is 4.18. The topological polar surface area (TPSA) is 40.7 Å². The fourth-order valence-electron chi connectivity index (χ4n) is 2.51. The van der Waals surface area contributed by atoms with E-state index >= 15 is 0 Å². The molecule has 1 aliphatic rings. The van der Waals surface area contributed by atoms with Crippen molar-refractivity contribution in [2.24, 2.45) is 0 Å². The highest BCUT2D eigenvalue weighted by atomic mass is 15.0. The van der Waals surface area contributed by atoms with Crippen LogP contribution in [0.2, 0.25) is 0 Å². The van der Waals surface area contributed by atoms with Gasteiger partial charge in [-0.3, -0.25) is 0 Å². The lowest BCUT2D eigenvalue weighted by atomic mass is 9.88. The summed E-state index contributed by atoms with van der Waals surface area (Å²) in [6, 6.07) is 9.36. The molecular weight excluding hydrogens is 210 g/mol. The smallest absolute Gasteiger partial charge is 0.0922 e. The van der Waals surface area contributed by atoms with Crippen molar-refractivity contribution in [3.8, 4) is 0 Å². The lowest BCUT2D eigenvalue weighted by Gasteiger charge is -2.25. The van der Waals surface area contributed by atoms with E-state index in [-0.39, 0.29) is 0 Å². The third-order valence-electron chi connectivity index (χ3n) is 3.48. The average Bonchev–Trinajstić information content (AvgIpc) is 2.89. The molecule has 3 nitrogen and oxygen atoms in total. The summed E-state index contributed by atoms with van der Waals surface area (Å²) in [5, 5.41) is 3.59. The Labute approximate surface area is 101 Å². The van der Waals surface area contributed by atoms with Crippen LogP contribution in [0.1, 0.15) is 23.2 Å². The minimum Gasteiger partial charge on any atom is -0.347 e. The van der Waals surface area contributed by atoms with Crippen LogP contribution in [0.15, 0.2) is 36.8 Å². The number of hydrogen-bond donors (Lipinski definition) is 2. The maximum Gasteiger partial charge on any atom is 0.0922 e. The second-order valence-corrected chi connectivity index (χ2v) is 4.67. The van der Waals surface area contributed by atoms with Crippen LogP contribution >= 0.6 is 0 Å². The zero-order valence-electron chi connectivity index (χ0n) is 9.82. The Morgan fingerprint density at radius 1 is 1.29 bits per heavy atom. The summed E-state index contributed by atoms with van der Waals surface area (Å²) in [4.78, 5) is 7.15. The standard InChI is InChI=1S/C14H17N3/c1-2-4-12-7-13(6-5-11(12)3-1)16-9-14-8-15-10-17-14/h1-4,8,10,13,16H,5-7,9H2,(H,15,17). The normalized spacial score (nSPS) is 18.9. The van der Waals surface area contributed by atoms with Gasteiger partial charge in [0.15, 0.2) is 0 Å². The molecule has 1 aromatic heterocycles. The number of fused-ring (bicyclic) bond motifs is 1. The Balaban J connectivity index is 1.61. The zero-order valence-corrected chi connectivity index (χ0v) is 9.82. The van der Waals surface area contributed by atoms with Crippen molar-refractivity contribution in [3.05, 3.63) is 53.6 Å². The van der Waals surface area contributed by atoms with E-state index < -0.39 is 0 Å². The minimum absolute atomic E-state index is 0.591. The van der Waals surface area contributed by atoms with Gasteiger partial charge in [0.1, 0.15) is 0 Å². The van der Waals surface area contributed by atoms with Gasteiger partial charge < -0.3 is 10.3 Å². The summed E-state index contributed by atoms with van der Waals surface area (Å²) in [5.74, 6) is 0. The molecular formula is C14H17N3. The lowest BCUT2D eigenvalue weighted by Crippen LogP contribution is -2.34. The number of aromatic amines is 1. The lowest BCUT2D eigenvalue weighted by molar-refractivity contribution is 0.455. The molecule has 0 bridgehead atoms. The SMILES string of the molecule is c1ccc2c(c1)CCC(NCc1cnc[nH]1)C2. The Morgan fingerprint density at radius 3 is 3.00 bits per heavy atom. The summed E-state index contributed by atoms with van der Waals surface area (Å²) in [7, 11) is 0. The van der Waals surface area contributed by atoms with Gasteiger partial charge in [0.2, 0.25) is 0 Å². The predicted molar refractivity (Wildman–Crippen MR) is 67.7 cm³/mol. The van der Waals surface area contributed by atoms with Crippen LogP contribution in [-0.2, 0) is 19.4 Å². The van der Waals surface area contributed by atoms with Gasteiger partial charge in [0.25, 0.3) is 0 Å². The van der Waals surface area contributed by atoms with Crippen LogP contribution in [0.5, 0.6) is 0 Å². The summed E-state index contributed by atoms with van der Waals surface area (Å²) < 4.78 is 0. The van der Waals surface area contributed by atoms with Crippen molar-refractivity contribution in [2.45, 2.75) is 31.8 Å². The Kier molecular flexibility index (Phi) is 2.92. The van der Waals surface area contributed by atoms with E-state index in [9.17, 15) is 0 Å². The molecule has 88 valence electrons. The van der Waals surface area contributed by atoms with Crippen molar-refractivity contribution in [1.29, 1.82) is 0 Å². The summed E-state index contributed by atoms with van der Waals surface area (Å²) in [6.07, 6.45) is 7.17. The van der Waals surface area contributed by atoms with Crippen molar-refractivity contribution in [1.82, 2.24) is 15.3 Å². The first-order valence-electron chi connectivity index (χ1n) is 6.19. The molecule has 0 saturated carbocycles.